The number of hydrogen-bond acceptors (Lipinski definition) is 4. The molecule has 0 aliphatic rings. The van der Waals surface area contributed by atoms with Crippen molar-refractivity contribution in [1.82, 2.24) is 4.57 Å². The quantitative estimate of drug-likeness (QED) is 0.802. The first-order valence-corrected chi connectivity index (χ1v) is 7.77. The van der Waals surface area contributed by atoms with Gasteiger partial charge in [-0.2, -0.15) is 8.42 Å². The Labute approximate surface area is 117 Å². The lowest BCUT2D eigenvalue weighted by Gasteiger charge is -2.05. The minimum Gasteiger partial charge on any atom is -0.319 e. The summed E-state index contributed by atoms with van der Waals surface area (Å²) in [5, 5.41) is 0. The number of hydrogen-bond donors (Lipinski definition) is 0. The summed E-state index contributed by atoms with van der Waals surface area (Å²) in [6, 6.07) is 10.6. The van der Waals surface area contributed by atoms with Crippen LogP contribution in [-0.2, 0) is 28.0 Å². The molecule has 0 saturated carbocycles. The van der Waals surface area contributed by atoms with Crippen molar-refractivity contribution < 1.29 is 12.6 Å². The van der Waals surface area contributed by atoms with E-state index in [4.69, 9.17) is 4.18 Å². The first-order chi connectivity index (χ1) is 9.35. The highest BCUT2D eigenvalue weighted by Crippen LogP contribution is 2.18. The van der Waals surface area contributed by atoms with E-state index in [-0.39, 0.29) is 12.2 Å². The van der Waals surface area contributed by atoms with E-state index in [0.29, 0.717) is 0 Å². The Hall–Kier alpha value is -1.92. The Balaban J connectivity index is 2.19. The highest BCUT2D eigenvalue weighted by atomic mass is 32.2. The molecular weight excluding hydrogens is 278 g/mol. The standard InChI is InChI=1S/C14H15NO4S/c1-15-8-7-13(9-14(15)16)12-5-3-11(4-6-12)10-19-20(2,17)18/h3-9H,10H2,1-2H3. The molecule has 106 valence electrons. The molecule has 2 aromatic rings. The van der Waals surface area contributed by atoms with Crippen LogP contribution in [0.15, 0.2) is 47.4 Å². The van der Waals surface area contributed by atoms with Gasteiger partial charge in [0.1, 0.15) is 0 Å². The average Bonchev–Trinajstić information content (AvgIpc) is 2.39. The summed E-state index contributed by atoms with van der Waals surface area (Å²) in [7, 11) is -1.75. The third-order valence-electron chi connectivity index (χ3n) is 2.83. The fraction of sp³-hybridized carbons (Fsp3) is 0.214. The second-order valence-corrected chi connectivity index (χ2v) is 6.17. The Kier molecular flexibility index (Phi) is 4.06. The molecule has 0 bridgehead atoms. The summed E-state index contributed by atoms with van der Waals surface area (Å²) < 4.78 is 28.0. The molecule has 0 spiro atoms. The molecule has 5 nitrogen and oxygen atoms in total. The molecular formula is C14H15NO4S. The zero-order valence-corrected chi connectivity index (χ0v) is 12.1. The summed E-state index contributed by atoms with van der Waals surface area (Å²) in [6.45, 7) is 0.00959. The summed E-state index contributed by atoms with van der Waals surface area (Å²) in [5.74, 6) is 0. The lowest BCUT2D eigenvalue weighted by atomic mass is 10.1. The van der Waals surface area contributed by atoms with Crippen LogP contribution in [0, 0.1) is 0 Å². The largest absolute Gasteiger partial charge is 0.319 e. The van der Waals surface area contributed by atoms with E-state index in [2.05, 4.69) is 0 Å². The van der Waals surface area contributed by atoms with Gasteiger partial charge in [0.2, 0.25) is 0 Å². The van der Waals surface area contributed by atoms with Gasteiger partial charge in [-0.25, -0.2) is 0 Å². The molecule has 1 heterocycles. The van der Waals surface area contributed by atoms with Crippen molar-refractivity contribution >= 4 is 10.1 Å². The van der Waals surface area contributed by atoms with Gasteiger partial charge >= 0.3 is 0 Å². The van der Waals surface area contributed by atoms with E-state index < -0.39 is 10.1 Å². The van der Waals surface area contributed by atoms with Crippen LogP contribution in [0.2, 0.25) is 0 Å². The second-order valence-electron chi connectivity index (χ2n) is 4.53. The SMILES string of the molecule is Cn1ccc(-c2ccc(COS(C)(=O)=O)cc2)cc1=O. The Bertz CT molecular complexity index is 761. The normalized spacial score (nSPS) is 11.5. The molecule has 0 N–H and O–H groups in total. The van der Waals surface area contributed by atoms with Crippen LogP contribution >= 0.6 is 0 Å². The topological polar surface area (TPSA) is 65.4 Å². The average molecular weight is 293 g/mol. The predicted octanol–water partition coefficient (Wildman–Crippen LogP) is 1.53. The number of aromatic nitrogens is 1. The van der Waals surface area contributed by atoms with Crippen LogP contribution in [0.1, 0.15) is 5.56 Å². The molecule has 0 unspecified atom stereocenters. The number of rotatable bonds is 4. The number of nitrogens with zero attached hydrogens (tertiary/aromatic N) is 1. The van der Waals surface area contributed by atoms with E-state index in [1.165, 1.54) is 4.57 Å². The summed E-state index contributed by atoms with van der Waals surface area (Å²) >= 11 is 0. The van der Waals surface area contributed by atoms with E-state index in [0.717, 1.165) is 22.9 Å². The van der Waals surface area contributed by atoms with Crippen LogP contribution in [0.4, 0.5) is 0 Å². The zero-order chi connectivity index (χ0) is 14.8. The van der Waals surface area contributed by atoms with Gasteiger partial charge in [0.15, 0.2) is 0 Å². The fourth-order valence-corrected chi connectivity index (χ4v) is 2.05. The Morgan fingerprint density at radius 1 is 1.10 bits per heavy atom. The molecule has 0 aliphatic carbocycles. The summed E-state index contributed by atoms with van der Waals surface area (Å²) in [5.41, 5.74) is 2.39. The van der Waals surface area contributed by atoms with Crippen molar-refractivity contribution in [2.45, 2.75) is 6.61 Å². The van der Waals surface area contributed by atoms with E-state index in [9.17, 15) is 13.2 Å². The zero-order valence-electron chi connectivity index (χ0n) is 11.2. The lowest BCUT2D eigenvalue weighted by molar-refractivity contribution is 0.312. The van der Waals surface area contributed by atoms with Gasteiger partial charge in [-0.05, 0) is 22.8 Å². The smallest absolute Gasteiger partial charge is 0.264 e. The molecule has 0 saturated heterocycles. The maximum Gasteiger partial charge on any atom is 0.264 e. The Morgan fingerprint density at radius 2 is 1.75 bits per heavy atom. The summed E-state index contributed by atoms with van der Waals surface area (Å²) in [4.78, 5) is 11.6. The summed E-state index contributed by atoms with van der Waals surface area (Å²) in [6.07, 6.45) is 2.72. The maximum absolute atomic E-state index is 11.6. The third kappa shape index (κ3) is 3.79. The van der Waals surface area contributed by atoms with Crippen molar-refractivity contribution in [1.29, 1.82) is 0 Å². The molecule has 0 amide bonds. The van der Waals surface area contributed by atoms with Crippen LogP contribution in [0.3, 0.4) is 0 Å². The van der Waals surface area contributed by atoms with Crippen LogP contribution in [-0.4, -0.2) is 19.2 Å². The van der Waals surface area contributed by atoms with Crippen LogP contribution in [0.5, 0.6) is 0 Å². The first kappa shape index (κ1) is 14.5. The highest BCUT2D eigenvalue weighted by molar-refractivity contribution is 7.85. The van der Waals surface area contributed by atoms with Crippen molar-refractivity contribution in [3.8, 4) is 11.1 Å². The van der Waals surface area contributed by atoms with E-state index >= 15 is 0 Å². The molecule has 2 rings (SSSR count). The molecule has 0 fully saturated rings. The van der Waals surface area contributed by atoms with Gasteiger partial charge in [-0.1, -0.05) is 24.3 Å². The van der Waals surface area contributed by atoms with Crippen molar-refractivity contribution in [3.05, 3.63) is 58.5 Å². The first-order valence-electron chi connectivity index (χ1n) is 5.95. The maximum atomic E-state index is 11.6. The molecule has 20 heavy (non-hydrogen) atoms. The van der Waals surface area contributed by atoms with Crippen molar-refractivity contribution in [2.24, 2.45) is 7.05 Å². The molecule has 0 aliphatic heterocycles. The van der Waals surface area contributed by atoms with Gasteiger partial charge in [-0.3, -0.25) is 8.98 Å². The van der Waals surface area contributed by atoms with E-state index in [1.807, 2.05) is 18.2 Å². The van der Waals surface area contributed by atoms with Gasteiger partial charge in [-0.15, -0.1) is 0 Å². The fourth-order valence-electron chi connectivity index (χ4n) is 1.70. The number of benzene rings is 1. The van der Waals surface area contributed by atoms with Crippen LogP contribution < -0.4 is 5.56 Å². The van der Waals surface area contributed by atoms with Crippen molar-refractivity contribution in [2.75, 3.05) is 6.26 Å². The van der Waals surface area contributed by atoms with Gasteiger partial charge in [0.05, 0.1) is 12.9 Å². The predicted molar refractivity (Wildman–Crippen MR) is 76.8 cm³/mol. The lowest BCUT2D eigenvalue weighted by Crippen LogP contribution is -2.14. The second kappa shape index (κ2) is 5.60. The third-order valence-corrected chi connectivity index (χ3v) is 3.38. The molecule has 1 aromatic heterocycles. The monoisotopic (exact) mass is 293 g/mol. The van der Waals surface area contributed by atoms with Gasteiger partial charge in [0, 0.05) is 19.3 Å². The van der Waals surface area contributed by atoms with E-state index in [1.54, 1.807) is 31.4 Å². The molecule has 0 radical (unpaired) electrons. The molecule has 0 atom stereocenters. The minimum atomic E-state index is -3.44. The number of aryl methyl sites for hydroxylation is 1. The highest BCUT2D eigenvalue weighted by Gasteiger charge is 2.04. The molecule has 1 aromatic carbocycles. The Morgan fingerprint density at radius 3 is 2.30 bits per heavy atom. The van der Waals surface area contributed by atoms with Crippen molar-refractivity contribution in [3.63, 3.8) is 0 Å². The van der Waals surface area contributed by atoms with Gasteiger partial charge < -0.3 is 4.57 Å². The van der Waals surface area contributed by atoms with Gasteiger partial charge in [0.25, 0.3) is 15.7 Å². The van der Waals surface area contributed by atoms with Crippen LogP contribution in [0.25, 0.3) is 11.1 Å². The molecule has 6 heteroatoms. The number of pyridine rings is 1. The minimum absolute atomic E-state index is 0.00959.